The summed E-state index contributed by atoms with van der Waals surface area (Å²) in [5.74, 6) is 2.02. The van der Waals surface area contributed by atoms with E-state index < -0.39 is 0 Å². The van der Waals surface area contributed by atoms with Gasteiger partial charge in [-0.15, -0.1) is 0 Å². The van der Waals surface area contributed by atoms with Crippen LogP contribution in [0.1, 0.15) is 25.7 Å². The predicted molar refractivity (Wildman–Crippen MR) is 141 cm³/mol. The minimum Gasteiger partial charge on any atom is -0.441 e. The molecule has 2 aliphatic rings. The van der Waals surface area contributed by atoms with Crippen LogP contribution >= 0.6 is 0 Å². The Kier molecular flexibility index (Phi) is 3.81. The van der Waals surface area contributed by atoms with Crippen molar-refractivity contribution in [2.75, 3.05) is 36.0 Å². The van der Waals surface area contributed by atoms with E-state index in [2.05, 4.69) is 70.5 Å². The van der Waals surface area contributed by atoms with Gasteiger partial charge in [0.25, 0.3) is 0 Å². The number of furan rings is 2. The van der Waals surface area contributed by atoms with Crippen LogP contribution in [0.5, 0.6) is 0 Å². The van der Waals surface area contributed by atoms with Gasteiger partial charge in [-0.05, 0) is 70.1 Å². The summed E-state index contributed by atoms with van der Waals surface area (Å²) in [6.45, 7) is 4.37. The van der Waals surface area contributed by atoms with E-state index >= 15 is 0 Å². The molecule has 0 aliphatic carbocycles. The zero-order chi connectivity index (χ0) is 22.2. The minimum absolute atomic E-state index is 0.976. The predicted octanol–water partition coefficient (Wildman–Crippen LogP) is 7.84. The van der Waals surface area contributed by atoms with Crippen molar-refractivity contribution in [2.24, 2.45) is 0 Å². The quantitative estimate of drug-likeness (QED) is 0.254. The minimum atomic E-state index is 0.976. The number of rotatable bonds is 2. The molecule has 168 valence electrons. The SMILES string of the molecule is c1cc2c(ccc3c4ccc5oc(N6CCCC6)cc5c4ccc23)c2cc(N3CCCC3)oc12. The molecule has 4 aromatic carbocycles. The second-order valence-electron chi connectivity index (χ2n) is 9.93. The summed E-state index contributed by atoms with van der Waals surface area (Å²) in [6, 6.07) is 22.3. The number of hydrogen-bond acceptors (Lipinski definition) is 4. The van der Waals surface area contributed by atoms with Gasteiger partial charge < -0.3 is 18.6 Å². The lowest BCUT2D eigenvalue weighted by Crippen LogP contribution is -2.16. The molecular formula is C30H26N2O2. The fourth-order valence-corrected chi connectivity index (χ4v) is 6.24. The number of nitrogens with zero attached hydrogens (tertiary/aromatic N) is 2. The van der Waals surface area contributed by atoms with Crippen LogP contribution in [-0.2, 0) is 0 Å². The first kappa shape index (κ1) is 18.7. The molecule has 2 fully saturated rings. The third-order valence-electron chi connectivity index (χ3n) is 8.00. The van der Waals surface area contributed by atoms with E-state index in [9.17, 15) is 0 Å². The molecule has 4 nitrogen and oxygen atoms in total. The van der Waals surface area contributed by atoms with Gasteiger partial charge in [-0.25, -0.2) is 0 Å². The van der Waals surface area contributed by atoms with Gasteiger partial charge in [-0.1, -0.05) is 36.4 Å². The van der Waals surface area contributed by atoms with Crippen LogP contribution in [0.4, 0.5) is 11.8 Å². The molecule has 4 heterocycles. The zero-order valence-corrected chi connectivity index (χ0v) is 19.1. The number of anilines is 2. The topological polar surface area (TPSA) is 32.8 Å². The summed E-state index contributed by atoms with van der Waals surface area (Å²) in [7, 11) is 0. The molecule has 6 aromatic rings. The maximum Gasteiger partial charge on any atom is 0.196 e. The third-order valence-corrected chi connectivity index (χ3v) is 8.00. The molecule has 0 spiro atoms. The van der Waals surface area contributed by atoms with E-state index in [0.717, 1.165) is 49.1 Å². The van der Waals surface area contributed by atoms with Gasteiger partial charge in [0.2, 0.25) is 0 Å². The molecule has 34 heavy (non-hydrogen) atoms. The van der Waals surface area contributed by atoms with Crippen LogP contribution in [0.25, 0.3) is 54.3 Å². The Labute approximate surface area is 197 Å². The molecular weight excluding hydrogens is 420 g/mol. The van der Waals surface area contributed by atoms with Crippen molar-refractivity contribution in [1.82, 2.24) is 0 Å². The lowest BCUT2D eigenvalue weighted by Gasteiger charge is -2.12. The maximum atomic E-state index is 6.25. The number of fused-ring (bicyclic) bond motifs is 9. The molecule has 0 radical (unpaired) electrons. The summed E-state index contributed by atoms with van der Waals surface area (Å²) < 4.78 is 12.5. The van der Waals surface area contributed by atoms with Crippen LogP contribution in [-0.4, -0.2) is 26.2 Å². The van der Waals surface area contributed by atoms with Gasteiger partial charge in [0.15, 0.2) is 11.8 Å². The Hall–Kier alpha value is -3.66. The first-order valence-electron chi connectivity index (χ1n) is 12.6. The molecule has 0 saturated carbocycles. The van der Waals surface area contributed by atoms with E-state index in [1.807, 2.05) is 0 Å². The van der Waals surface area contributed by atoms with Crippen LogP contribution in [0.15, 0.2) is 69.5 Å². The van der Waals surface area contributed by atoms with Gasteiger partial charge in [0.05, 0.1) is 0 Å². The number of hydrogen-bond donors (Lipinski definition) is 0. The van der Waals surface area contributed by atoms with Gasteiger partial charge in [-0.2, -0.15) is 0 Å². The van der Waals surface area contributed by atoms with Gasteiger partial charge in [0.1, 0.15) is 11.2 Å². The van der Waals surface area contributed by atoms with Crippen molar-refractivity contribution >= 4 is 66.0 Å². The van der Waals surface area contributed by atoms with Crippen LogP contribution in [0, 0.1) is 0 Å². The summed E-state index contributed by atoms with van der Waals surface area (Å²) in [5.41, 5.74) is 1.95. The molecule has 0 N–H and O–H groups in total. The Bertz CT molecular complexity index is 1600. The highest BCUT2D eigenvalue weighted by atomic mass is 16.4. The molecule has 0 amide bonds. The lowest BCUT2D eigenvalue weighted by molar-refractivity contribution is 0.599. The van der Waals surface area contributed by atoms with Gasteiger partial charge >= 0.3 is 0 Å². The van der Waals surface area contributed by atoms with E-state index in [1.165, 1.54) is 68.8 Å². The summed E-state index contributed by atoms with van der Waals surface area (Å²) in [6.07, 6.45) is 5.00. The smallest absolute Gasteiger partial charge is 0.196 e. The highest BCUT2D eigenvalue weighted by Gasteiger charge is 2.19. The molecule has 2 aromatic heterocycles. The van der Waals surface area contributed by atoms with Crippen molar-refractivity contribution in [3.05, 3.63) is 60.7 Å². The summed E-state index contributed by atoms with van der Waals surface area (Å²) in [5, 5.41) is 10.1. The fourth-order valence-electron chi connectivity index (χ4n) is 6.24. The molecule has 0 unspecified atom stereocenters. The van der Waals surface area contributed by atoms with Gasteiger partial charge in [-0.3, -0.25) is 0 Å². The highest BCUT2D eigenvalue weighted by Crippen LogP contribution is 2.40. The molecule has 8 rings (SSSR count). The number of benzene rings is 4. The Morgan fingerprint density at radius 1 is 0.412 bits per heavy atom. The largest absolute Gasteiger partial charge is 0.441 e. The monoisotopic (exact) mass is 446 g/mol. The molecule has 0 bridgehead atoms. The molecule has 2 saturated heterocycles. The van der Waals surface area contributed by atoms with Crippen molar-refractivity contribution < 1.29 is 8.83 Å². The lowest BCUT2D eigenvalue weighted by atomic mass is 9.95. The van der Waals surface area contributed by atoms with E-state index in [1.54, 1.807) is 0 Å². The average Bonchev–Trinajstić information content (AvgIpc) is 3.68. The second-order valence-corrected chi connectivity index (χ2v) is 9.93. The van der Waals surface area contributed by atoms with Crippen LogP contribution < -0.4 is 9.80 Å². The molecule has 2 aliphatic heterocycles. The Morgan fingerprint density at radius 3 is 1.12 bits per heavy atom. The maximum absolute atomic E-state index is 6.25. The second kappa shape index (κ2) is 6.92. The molecule has 0 atom stereocenters. The van der Waals surface area contributed by atoms with Crippen LogP contribution in [0.3, 0.4) is 0 Å². The van der Waals surface area contributed by atoms with Crippen molar-refractivity contribution in [3.8, 4) is 0 Å². The fraction of sp³-hybridized carbons (Fsp3) is 0.267. The zero-order valence-electron chi connectivity index (χ0n) is 19.1. The first-order valence-corrected chi connectivity index (χ1v) is 12.6. The third kappa shape index (κ3) is 2.60. The van der Waals surface area contributed by atoms with Crippen molar-refractivity contribution in [2.45, 2.75) is 25.7 Å². The van der Waals surface area contributed by atoms with Gasteiger partial charge in [0, 0.05) is 49.1 Å². The van der Waals surface area contributed by atoms with Crippen molar-refractivity contribution in [3.63, 3.8) is 0 Å². The van der Waals surface area contributed by atoms with E-state index in [0.29, 0.717) is 0 Å². The van der Waals surface area contributed by atoms with E-state index in [4.69, 9.17) is 8.83 Å². The average molecular weight is 447 g/mol. The van der Waals surface area contributed by atoms with E-state index in [-0.39, 0.29) is 0 Å². The Balaban J connectivity index is 1.33. The first-order chi connectivity index (χ1) is 16.8. The summed E-state index contributed by atoms with van der Waals surface area (Å²) >= 11 is 0. The standard InChI is InChI=1S/C30H26N2O2/c1-2-14-31(13-1)29-17-25-23-7-5-20-19(21(23)9-11-27(25)33-29)6-8-24-22(20)10-12-28-26(24)18-30(34-28)32-15-3-4-16-32/h5-12,17-18H,1-4,13-16H2. The molecule has 4 heteroatoms. The normalized spacial score (nSPS) is 16.9. The highest BCUT2D eigenvalue weighted by molar-refractivity contribution is 6.24. The van der Waals surface area contributed by atoms with Crippen molar-refractivity contribution in [1.29, 1.82) is 0 Å². The van der Waals surface area contributed by atoms with Crippen LogP contribution in [0.2, 0.25) is 0 Å². The Morgan fingerprint density at radius 2 is 0.735 bits per heavy atom. The summed E-state index contributed by atoms with van der Waals surface area (Å²) in [4.78, 5) is 4.74.